The van der Waals surface area contributed by atoms with Gasteiger partial charge >= 0.3 is 32.4 Å². The molecule has 3 fully saturated rings. The van der Waals surface area contributed by atoms with Gasteiger partial charge in [0.05, 0.1) is 51.3 Å². The average molecular weight is 872 g/mol. The molecule has 0 saturated carbocycles. The number of aryl methyl sites for hydroxylation is 1. The molecule has 0 aliphatic carbocycles. The van der Waals surface area contributed by atoms with Gasteiger partial charge in [0, 0.05) is 50.3 Å². The van der Waals surface area contributed by atoms with E-state index in [2.05, 4.69) is 20.3 Å². The highest BCUT2D eigenvalue weighted by Gasteiger charge is 2.48. The molecule has 3 aliphatic rings. The monoisotopic (exact) mass is 871 g/mol. The van der Waals surface area contributed by atoms with Crippen molar-refractivity contribution in [2.24, 2.45) is 0 Å². The first kappa shape index (κ1) is 44.6. The molecule has 0 bridgehead atoms. The number of nitrogen functional groups attached to an aromatic ring is 2. The lowest BCUT2D eigenvalue weighted by molar-refractivity contribution is -0.102. The van der Waals surface area contributed by atoms with Gasteiger partial charge in [-0.2, -0.15) is 19.3 Å². The van der Waals surface area contributed by atoms with Crippen molar-refractivity contribution < 1.29 is 37.5 Å². The molecule has 3 aliphatic heterocycles. The Morgan fingerprint density at radius 1 is 0.814 bits per heavy atom. The van der Waals surface area contributed by atoms with Crippen LogP contribution in [-0.4, -0.2) is 158 Å². The van der Waals surface area contributed by atoms with Gasteiger partial charge < -0.3 is 45.1 Å². The van der Waals surface area contributed by atoms with Crippen LogP contribution in [0.4, 0.5) is 11.6 Å². The second kappa shape index (κ2) is 18.4. The van der Waals surface area contributed by atoms with Gasteiger partial charge in [-0.25, -0.2) is 23.7 Å². The summed E-state index contributed by atoms with van der Waals surface area (Å²) >= 11 is 0. The van der Waals surface area contributed by atoms with Gasteiger partial charge in [-0.1, -0.05) is 0 Å². The molecule has 8 unspecified atom stereocenters. The summed E-state index contributed by atoms with van der Waals surface area (Å²) in [4.78, 5) is 61.0. The molecule has 7 N–H and O–H groups in total. The number of H-pyrrole nitrogens is 1. The van der Waals surface area contributed by atoms with Gasteiger partial charge in [0.1, 0.15) is 24.0 Å². The minimum absolute atomic E-state index is 0.00919. The summed E-state index contributed by atoms with van der Waals surface area (Å²) in [7, 11) is -2.10. The highest BCUT2D eigenvalue weighted by molar-refractivity contribution is 7.54. The van der Waals surface area contributed by atoms with E-state index in [4.69, 9.17) is 34.7 Å². The Morgan fingerprint density at radius 3 is 1.90 bits per heavy atom. The fourth-order valence-electron chi connectivity index (χ4n) is 6.84. The van der Waals surface area contributed by atoms with E-state index in [1.165, 1.54) is 98.2 Å². The van der Waals surface area contributed by atoms with Crippen molar-refractivity contribution >= 4 is 27.0 Å². The summed E-state index contributed by atoms with van der Waals surface area (Å²) in [6, 6.07) is 2.87. The lowest BCUT2D eigenvalue weighted by atomic mass is 10.3. The molecule has 0 amide bonds. The van der Waals surface area contributed by atoms with Crippen LogP contribution in [0.15, 0.2) is 49.9 Å². The van der Waals surface area contributed by atoms with E-state index in [0.29, 0.717) is 0 Å². The first-order valence-electron chi connectivity index (χ1n) is 18.6. The Labute approximate surface area is 337 Å². The zero-order valence-corrected chi connectivity index (χ0v) is 35.0. The maximum absolute atomic E-state index is 15.3. The number of ether oxygens (including phenoxy) is 3. The lowest BCUT2D eigenvalue weighted by Crippen LogP contribution is -2.53. The normalized spacial score (nSPS) is 26.8. The van der Waals surface area contributed by atoms with Crippen LogP contribution in [0.3, 0.4) is 0 Å². The van der Waals surface area contributed by atoms with Crippen molar-refractivity contribution in [3.63, 3.8) is 0 Å². The molecule has 6 rings (SSSR count). The quantitative estimate of drug-likeness (QED) is 0.107. The zero-order valence-electron chi connectivity index (χ0n) is 33.2. The van der Waals surface area contributed by atoms with Crippen LogP contribution in [0.2, 0.25) is 0 Å². The van der Waals surface area contributed by atoms with Gasteiger partial charge in [-0.3, -0.25) is 32.6 Å². The predicted octanol–water partition coefficient (Wildman–Crippen LogP) is -2.23. The van der Waals surface area contributed by atoms with Crippen molar-refractivity contribution in [3.8, 4) is 0 Å². The maximum atomic E-state index is 15.3. The first-order valence-corrected chi connectivity index (χ1v) is 21.6. The van der Waals surface area contributed by atoms with Gasteiger partial charge in [-0.05, 0) is 47.2 Å². The van der Waals surface area contributed by atoms with E-state index in [9.17, 15) is 24.3 Å². The fourth-order valence-corrected chi connectivity index (χ4v) is 11.0. The van der Waals surface area contributed by atoms with Gasteiger partial charge in [-0.15, -0.1) is 0 Å². The second-order valence-corrected chi connectivity index (χ2v) is 19.6. The van der Waals surface area contributed by atoms with Crippen LogP contribution in [0.25, 0.3) is 0 Å². The lowest BCUT2D eigenvalue weighted by Gasteiger charge is -2.46. The SMILES string of the molecule is Cc1cn(C2COC(COP(=O)(N(C)C)N3CC(CO)OCC3n3ccc(N)nc3=O)CN2P(=O)(OCC2CNCC(n3ccc(N)nc3=O)O2)N(C)C)c(=O)[nH]c1=O. The van der Waals surface area contributed by atoms with E-state index in [1.807, 2.05) is 0 Å². The molecule has 3 aromatic heterocycles. The van der Waals surface area contributed by atoms with Crippen molar-refractivity contribution in [2.75, 3.05) is 98.9 Å². The van der Waals surface area contributed by atoms with E-state index < -0.39 is 81.4 Å². The smallest absolute Gasteiger partial charge is 0.351 e. The number of hydrogen-bond donors (Lipinski definition) is 5. The van der Waals surface area contributed by atoms with Crippen LogP contribution in [0.1, 0.15) is 24.1 Å². The van der Waals surface area contributed by atoms with Gasteiger partial charge in [0.25, 0.3) is 5.56 Å². The Hall–Kier alpha value is -3.94. The Bertz CT molecular complexity index is 2300. The Kier molecular flexibility index (Phi) is 13.9. The molecule has 8 atom stereocenters. The molecule has 27 heteroatoms. The van der Waals surface area contributed by atoms with Crippen molar-refractivity contribution in [1.82, 2.24) is 52.7 Å². The number of morpholine rings is 3. The fraction of sp³-hybridized carbons (Fsp3) is 0.625. The third-order valence-corrected chi connectivity index (χ3v) is 15.1. The molecule has 59 heavy (non-hydrogen) atoms. The van der Waals surface area contributed by atoms with Crippen molar-refractivity contribution in [3.05, 3.63) is 78.1 Å². The molecule has 0 aromatic carbocycles. The molecule has 0 radical (unpaired) electrons. The number of nitrogens with one attached hydrogen (secondary N) is 2. The van der Waals surface area contributed by atoms with E-state index in [1.54, 1.807) is 0 Å². The highest BCUT2D eigenvalue weighted by Crippen LogP contribution is 2.59. The molecule has 6 heterocycles. The topological polar surface area (TPSA) is 302 Å². The van der Waals surface area contributed by atoms with Crippen LogP contribution >= 0.6 is 15.3 Å². The van der Waals surface area contributed by atoms with Crippen molar-refractivity contribution in [1.29, 1.82) is 0 Å². The first-order chi connectivity index (χ1) is 27.9. The summed E-state index contributed by atoms with van der Waals surface area (Å²) in [6.45, 7) is 0.347. The summed E-state index contributed by atoms with van der Waals surface area (Å²) in [6.07, 6.45) is -1.07. The minimum atomic E-state index is -4.14. The van der Waals surface area contributed by atoms with Gasteiger partial charge in [0.2, 0.25) is 0 Å². The highest BCUT2D eigenvalue weighted by atomic mass is 31.2. The number of aliphatic hydroxyl groups is 1. The third-order valence-electron chi connectivity index (χ3n) is 9.99. The molecular weight excluding hydrogens is 820 g/mol. The zero-order chi connectivity index (χ0) is 42.8. The average Bonchev–Trinajstić information content (AvgIpc) is 3.20. The predicted molar refractivity (Wildman–Crippen MR) is 211 cm³/mol. The Balaban J connectivity index is 1.28. The molecule has 3 aromatic rings. The number of rotatable bonds is 14. The number of anilines is 2. The third kappa shape index (κ3) is 9.52. The maximum Gasteiger partial charge on any atom is 0.351 e. The van der Waals surface area contributed by atoms with Crippen LogP contribution < -0.4 is 39.4 Å². The summed E-state index contributed by atoms with van der Waals surface area (Å²) in [5, 5.41) is 13.2. The molecule has 0 spiro atoms. The number of aliphatic hydroxyl groups excluding tert-OH is 1. The van der Waals surface area contributed by atoms with Gasteiger partial charge in [0.15, 0.2) is 6.23 Å². The summed E-state index contributed by atoms with van der Waals surface area (Å²) in [5.41, 5.74) is 8.87. The molecule has 326 valence electrons. The van der Waals surface area contributed by atoms with Crippen LogP contribution in [-0.2, 0) is 32.4 Å². The molecular formula is C32H51N13O12P2. The number of nitrogens with zero attached hydrogens (tertiary/aromatic N) is 9. The summed E-state index contributed by atoms with van der Waals surface area (Å²) in [5.74, 6) is 0.0465. The van der Waals surface area contributed by atoms with E-state index >= 15 is 9.13 Å². The second-order valence-electron chi connectivity index (χ2n) is 14.5. The van der Waals surface area contributed by atoms with Crippen LogP contribution in [0.5, 0.6) is 0 Å². The number of hydrogen-bond acceptors (Lipinski definition) is 17. The number of aromatic nitrogens is 6. The van der Waals surface area contributed by atoms with Crippen molar-refractivity contribution in [2.45, 2.75) is 43.8 Å². The van der Waals surface area contributed by atoms with E-state index in [-0.39, 0.29) is 69.8 Å². The minimum Gasteiger partial charge on any atom is -0.394 e. The number of aromatic amines is 1. The standard InChI is InChI=1S/C32H51N13O12P2/c1-20-12-43(32(50)38-29(20)47)27-19-54-23(17-56-58(51,39(2)3)44-13-22(15-46)53-18-26(44)41-8-6-24(33)36-30(41)48)14-45(27)59(52,40(4)5)55-16-21-10-35-11-28(57-21)42-9-7-25(34)37-31(42)49/h6-9,12,21-23,26-28,35,46H,10-11,13-19H2,1-5H3,(H2,33,36,48)(H2,34,37,49)(H,38,47,50). The Morgan fingerprint density at radius 2 is 1.34 bits per heavy atom. The number of nitrogens with two attached hydrogens (primary N) is 2. The summed E-state index contributed by atoms with van der Waals surface area (Å²) < 4.78 is 70.2. The van der Waals surface area contributed by atoms with Crippen LogP contribution in [0, 0.1) is 6.92 Å². The molecule has 3 saturated heterocycles. The van der Waals surface area contributed by atoms with E-state index in [0.717, 1.165) is 0 Å². The largest absolute Gasteiger partial charge is 0.394 e. The molecule has 25 nitrogen and oxygen atoms in total.